The van der Waals surface area contributed by atoms with Gasteiger partial charge in [0.2, 0.25) is 0 Å². The third kappa shape index (κ3) is 1.95. The lowest BCUT2D eigenvalue weighted by molar-refractivity contribution is -0.138. The minimum absolute atomic E-state index is 0.0592. The van der Waals surface area contributed by atoms with Crippen LogP contribution >= 0.6 is 0 Å². The van der Waals surface area contributed by atoms with Gasteiger partial charge in [-0.25, -0.2) is 8.42 Å². The number of sulfone groups is 1. The lowest BCUT2D eigenvalue weighted by Gasteiger charge is -2.40. The van der Waals surface area contributed by atoms with Crippen molar-refractivity contribution in [3.8, 4) is 0 Å². The molecule has 1 fully saturated rings. The molecule has 1 aliphatic heterocycles. The van der Waals surface area contributed by atoms with Crippen LogP contribution in [-0.4, -0.2) is 31.0 Å². The van der Waals surface area contributed by atoms with Crippen molar-refractivity contribution in [2.45, 2.75) is 11.8 Å². The molecule has 0 atom stereocenters. The van der Waals surface area contributed by atoms with E-state index in [2.05, 4.69) is 0 Å². The van der Waals surface area contributed by atoms with Crippen LogP contribution in [0.3, 0.4) is 0 Å². The average molecular weight is 240 g/mol. The SMILES string of the molecule is O=C(O)CC1(c2ccccc2)CS(=O)(=O)C1. The van der Waals surface area contributed by atoms with Crippen molar-refractivity contribution in [3.63, 3.8) is 0 Å². The number of carboxylic acid groups (broad SMARTS) is 1. The van der Waals surface area contributed by atoms with E-state index in [4.69, 9.17) is 5.11 Å². The molecule has 1 saturated heterocycles. The van der Waals surface area contributed by atoms with Crippen molar-refractivity contribution in [2.75, 3.05) is 11.5 Å². The summed E-state index contributed by atoms with van der Waals surface area (Å²) >= 11 is 0. The van der Waals surface area contributed by atoms with Gasteiger partial charge >= 0.3 is 5.97 Å². The number of benzene rings is 1. The van der Waals surface area contributed by atoms with Gasteiger partial charge in [-0.3, -0.25) is 4.79 Å². The summed E-state index contributed by atoms with van der Waals surface area (Å²) in [7, 11) is -3.05. The van der Waals surface area contributed by atoms with E-state index in [0.717, 1.165) is 5.56 Å². The summed E-state index contributed by atoms with van der Waals surface area (Å²) in [4.78, 5) is 10.8. The van der Waals surface area contributed by atoms with E-state index in [1.54, 1.807) is 24.3 Å². The molecule has 86 valence electrons. The van der Waals surface area contributed by atoms with Gasteiger partial charge in [-0.05, 0) is 5.56 Å². The maximum absolute atomic E-state index is 11.3. The summed E-state index contributed by atoms with van der Waals surface area (Å²) in [6.07, 6.45) is -0.129. The van der Waals surface area contributed by atoms with Gasteiger partial charge in [-0.2, -0.15) is 0 Å². The summed E-state index contributed by atoms with van der Waals surface area (Å²) in [6.45, 7) is 0. The molecule has 1 aromatic carbocycles. The quantitative estimate of drug-likeness (QED) is 0.849. The molecule has 1 aliphatic rings. The zero-order valence-corrected chi connectivity index (χ0v) is 9.40. The van der Waals surface area contributed by atoms with Crippen LogP contribution in [0.25, 0.3) is 0 Å². The Morgan fingerprint density at radius 2 is 1.81 bits per heavy atom. The average Bonchev–Trinajstić information content (AvgIpc) is 2.15. The Kier molecular flexibility index (Phi) is 2.50. The second-order valence-electron chi connectivity index (χ2n) is 4.25. The molecule has 2 rings (SSSR count). The Morgan fingerprint density at radius 3 is 2.25 bits per heavy atom. The van der Waals surface area contributed by atoms with Gasteiger partial charge in [0.15, 0.2) is 9.84 Å². The van der Waals surface area contributed by atoms with E-state index in [9.17, 15) is 13.2 Å². The molecule has 16 heavy (non-hydrogen) atoms. The molecule has 0 bridgehead atoms. The first-order valence-corrected chi connectivity index (χ1v) is 6.73. The molecule has 0 saturated carbocycles. The normalized spacial score (nSPS) is 21.0. The van der Waals surface area contributed by atoms with Crippen LogP contribution < -0.4 is 0 Å². The fourth-order valence-electron chi connectivity index (χ4n) is 2.25. The highest BCUT2D eigenvalue weighted by atomic mass is 32.2. The Balaban J connectivity index is 2.34. The van der Waals surface area contributed by atoms with E-state index in [-0.39, 0.29) is 17.9 Å². The predicted molar refractivity (Wildman–Crippen MR) is 59.0 cm³/mol. The highest BCUT2D eigenvalue weighted by Gasteiger charge is 2.50. The van der Waals surface area contributed by atoms with Crippen LogP contribution in [0.1, 0.15) is 12.0 Å². The standard InChI is InChI=1S/C11H12O4S/c12-10(13)6-11(7-16(14,15)8-11)9-4-2-1-3-5-9/h1-5H,6-8H2,(H,12,13). The minimum atomic E-state index is -3.05. The van der Waals surface area contributed by atoms with Gasteiger partial charge in [0.05, 0.1) is 17.9 Å². The highest BCUT2D eigenvalue weighted by Crippen LogP contribution is 2.39. The van der Waals surface area contributed by atoms with Gasteiger partial charge in [-0.15, -0.1) is 0 Å². The Bertz CT molecular complexity index is 492. The van der Waals surface area contributed by atoms with E-state index >= 15 is 0 Å². The molecule has 5 heteroatoms. The second-order valence-corrected chi connectivity index (χ2v) is 6.31. The van der Waals surface area contributed by atoms with Crippen LogP contribution in [0.15, 0.2) is 30.3 Å². The van der Waals surface area contributed by atoms with Crippen LogP contribution in [0.2, 0.25) is 0 Å². The first-order valence-electron chi connectivity index (χ1n) is 4.91. The monoisotopic (exact) mass is 240 g/mol. The van der Waals surface area contributed by atoms with Crippen molar-refractivity contribution in [3.05, 3.63) is 35.9 Å². The van der Waals surface area contributed by atoms with Crippen LogP contribution in [0.5, 0.6) is 0 Å². The number of carbonyl (C=O) groups is 1. The number of aliphatic carboxylic acids is 1. The largest absolute Gasteiger partial charge is 0.481 e. The molecule has 1 aromatic rings. The zero-order valence-electron chi connectivity index (χ0n) is 8.59. The van der Waals surface area contributed by atoms with Crippen molar-refractivity contribution < 1.29 is 18.3 Å². The minimum Gasteiger partial charge on any atom is -0.481 e. The van der Waals surface area contributed by atoms with Crippen molar-refractivity contribution in [2.24, 2.45) is 0 Å². The Morgan fingerprint density at radius 1 is 1.25 bits per heavy atom. The van der Waals surface area contributed by atoms with E-state index in [1.165, 1.54) is 0 Å². The van der Waals surface area contributed by atoms with Crippen LogP contribution in [-0.2, 0) is 20.0 Å². The molecule has 4 nitrogen and oxygen atoms in total. The van der Waals surface area contributed by atoms with Crippen molar-refractivity contribution in [1.29, 1.82) is 0 Å². The Labute approximate surface area is 93.8 Å². The first-order chi connectivity index (χ1) is 7.44. The number of hydrogen-bond donors (Lipinski definition) is 1. The molecule has 0 amide bonds. The summed E-state index contributed by atoms with van der Waals surface area (Å²) in [5, 5.41) is 8.85. The van der Waals surface area contributed by atoms with Gasteiger partial charge in [0.1, 0.15) is 0 Å². The molecular weight excluding hydrogens is 228 g/mol. The van der Waals surface area contributed by atoms with Crippen LogP contribution in [0, 0.1) is 0 Å². The third-order valence-corrected chi connectivity index (χ3v) is 4.85. The molecule has 1 heterocycles. The van der Waals surface area contributed by atoms with E-state index < -0.39 is 21.2 Å². The molecule has 1 N–H and O–H groups in total. The molecule has 0 aromatic heterocycles. The zero-order chi connectivity index (χ0) is 11.8. The lowest BCUT2D eigenvalue weighted by atomic mass is 9.80. The molecule has 0 aliphatic carbocycles. The fraction of sp³-hybridized carbons (Fsp3) is 0.364. The molecule has 0 spiro atoms. The van der Waals surface area contributed by atoms with E-state index in [0.29, 0.717) is 0 Å². The topological polar surface area (TPSA) is 71.4 Å². The summed E-state index contributed by atoms with van der Waals surface area (Å²) in [5.74, 6) is -1.08. The molecule has 0 radical (unpaired) electrons. The summed E-state index contributed by atoms with van der Waals surface area (Å²) < 4.78 is 22.5. The molecular formula is C11H12O4S. The van der Waals surface area contributed by atoms with Crippen LogP contribution in [0.4, 0.5) is 0 Å². The van der Waals surface area contributed by atoms with Crippen molar-refractivity contribution >= 4 is 15.8 Å². The summed E-state index contributed by atoms with van der Waals surface area (Å²) in [6, 6.07) is 8.99. The first kappa shape index (κ1) is 11.1. The number of carboxylic acids is 1. The Hall–Kier alpha value is -1.36. The predicted octanol–water partition coefficient (Wildman–Crippen LogP) is 0.828. The number of hydrogen-bond acceptors (Lipinski definition) is 3. The van der Waals surface area contributed by atoms with E-state index in [1.807, 2.05) is 6.07 Å². The van der Waals surface area contributed by atoms with Gasteiger partial charge in [0, 0.05) is 5.41 Å². The van der Waals surface area contributed by atoms with Gasteiger partial charge in [0.25, 0.3) is 0 Å². The second kappa shape index (κ2) is 3.59. The maximum atomic E-state index is 11.3. The lowest BCUT2D eigenvalue weighted by Crippen LogP contribution is -2.53. The smallest absolute Gasteiger partial charge is 0.304 e. The fourth-order valence-corrected chi connectivity index (χ4v) is 4.39. The highest BCUT2D eigenvalue weighted by molar-refractivity contribution is 7.93. The van der Waals surface area contributed by atoms with Crippen molar-refractivity contribution in [1.82, 2.24) is 0 Å². The third-order valence-electron chi connectivity index (χ3n) is 2.87. The number of rotatable bonds is 3. The summed E-state index contributed by atoms with van der Waals surface area (Å²) in [5.41, 5.74) is 0.0820. The molecule has 0 unspecified atom stereocenters. The van der Waals surface area contributed by atoms with Gasteiger partial charge < -0.3 is 5.11 Å². The maximum Gasteiger partial charge on any atom is 0.304 e. The van der Waals surface area contributed by atoms with Gasteiger partial charge in [-0.1, -0.05) is 30.3 Å².